The summed E-state index contributed by atoms with van der Waals surface area (Å²) in [5, 5.41) is 12.7. The minimum Gasteiger partial charge on any atom is -0.410 e. The van der Waals surface area contributed by atoms with Gasteiger partial charge in [-0.05, 0) is 68.6 Å². The van der Waals surface area contributed by atoms with Crippen LogP contribution in [0.1, 0.15) is 57.9 Å². The normalized spacial score (nSPS) is 26.5. The third-order valence-corrected chi connectivity index (χ3v) is 7.29. The lowest BCUT2D eigenvalue weighted by atomic mass is 9.79. The zero-order valence-corrected chi connectivity index (χ0v) is 18.3. The summed E-state index contributed by atoms with van der Waals surface area (Å²) >= 11 is 0. The second-order valence-corrected chi connectivity index (χ2v) is 9.30. The number of carbonyl (C=O) groups excluding carboxylic acids is 2. The maximum atomic E-state index is 13.0. The lowest BCUT2D eigenvalue weighted by molar-refractivity contribution is -0.113. The van der Waals surface area contributed by atoms with Gasteiger partial charge in [0.05, 0.1) is 5.69 Å². The van der Waals surface area contributed by atoms with E-state index in [-0.39, 0.29) is 23.4 Å². The number of ether oxygens (including phenoxy) is 1. The Labute approximate surface area is 183 Å². The molecule has 8 nitrogen and oxygen atoms in total. The highest BCUT2D eigenvalue weighted by Gasteiger charge is 2.41. The Balaban J connectivity index is 1.43. The van der Waals surface area contributed by atoms with Gasteiger partial charge in [-0.15, -0.1) is 0 Å². The first kappa shape index (κ1) is 21.6. The van der Waals surface area contributed by atoms with E-state index in [1.165, 1.54) is 31.7 Å². The van der Waals surface area contributed by atoms with Gasteiger partial charge in [-0.25, -0.2) is 4.79 Å². The Kier molecular flexibility index (Phi) is 6.18. The van der Waals surface area contributed by atoms with Gasteiger partial charge in [0.25, 0.3) is 5.91 Å². The average Bonchev–Trinajstić information content (AvgIpc) is 3.04. The van der Waals surface area contributed by atoms with Gasteiger partial charge in [0.15, 0.2) is 5.71 Å². The van der Waals surface area contributed by atoms with Crippen molar-refractivity contribution in [2.75, 3.05) is 18.0 Å². The quantitative estimate of drug-likeness (QED) is 0.565. The predicted octanol–water partition coefficient (Wildman–Crippen LogP) is 3.35. The summed E-state index contributed by atoms with van der Waals surface area (Å²) in [6, 6.07) is 5.56. The number of hydrogen-bond donors (Lipinski definition) is 2. The Hall–Kier alpha value is -2.61. The molecular weight excluding hydrogens is 396 g/mol. The van der Waals surface area contributed by atoms with Crippen LogP contribution < -0.4 is 15.4 Å². The SMILES string of the molecule is CC(C)C1CCC(N2CCC(N3C(=O)/C(=N\O)c4cc(OC(N)=O)ccc43)CC2)CC1. The molecule has 3 N–H and O–H groups in total. The number of amides is 2. The molecule has 0 aromatic heterocycles. The molecule has 1 saturated carbocycles. The van der Waals surface area contributed by atoms with E-state index in [9.17, 15) is 14.8 Å². The minimum absolute atomic E-state index is 0.0284. The number of fused-ring (bicyclic) bond motifs is 1. The summed E-state index contributed by atoms with van der Waals surface area (Å²) in [7, 11) is 0. The van der Waals surface area contributed by atoms with E-state index in [2.05, 4.69) is 23.9 Å². The Morgan fingerprint density at radius 2 is 1.81 bits per heavy atom. The molecule has 1 saturated heterocycles. The zero-order valence-electron chi connectivity index (χ0n) is 18.3. The number of hydrogen-bond acceptors (Lipinski definition) is 6. The van der Waals surface area contributed by atoms with Gasteiger partial charge in [0, 0.05) is 30.7 Å². The molecule has 0 spiro atoms. The minimum atomic E-state index is -0.932. The first-order valence-corrected chi connectivity index (χ1v) is 11.3. The summed E-state index contributed by atoms with van der Waals surface area (Å²) in [6.45, 7) is 6.59. The lowest BCUT2D eigenvalue weighted by Crippen LogP contribution is -2.50. The largest absolute Gasteiger partial charge is 0.410 e. The fourth-order valence-corrected chi connectivity index (χ4v) is 5.53. The van der Waals surface area contributed by atoms with Crippen molar-refractivity contribution in [3.63, 3.8) is 0 Å². The predicted molar refractivity (Wildman–Crippen MR) is 118 cm³/mol. The molecule has 2 heterocycles. The second-order valence-electron chi connectivity index (χ2n) is 9.30. The van der Waals surface area contributed by atoms with Gasteiger partial charge in [-0.2, -0.15) is 0 Å². The van der Waals surface area contributed by atoms with E-state index < -0.39 is 6.09 Å². The molecule has 1 aromatic carbocycles. The molecule has 0 radical (unpaired) electrons. The molecule has 0 unspecified atom stereocenters. The van der Waals surface area contributed by atoms with E-state index in [1.807, 2.05) is 0 Å². The van der Waals surface area contributed by atoms with Crippen molar-refractivity contribution in [1.82, 2.24) is 4.90 Å². The number of primary amides is 1. The smallest absolute Gasteiger partial charge is 0.409 e. The van der Waals surface area contributed by atoms with Gasteiger partial charge in [0.1, 0.15) is 5.75 Å². The molecule has 1 aromatic rings. The van der Waals surface area contributed by atoms with Gasteiger partial charge >= 0.3 is 6.09 Å². The average molecular weight is 429 g/mol. The third kappa shape index (κ3) is 4.26. The lowest BCUT2D eigenvalue weighted by Gasteiger charge is -2.43. The molecule has 31 heavy (non-hydrogen) atoms. The fraction of sp³-hybridized carbons (Fsp3) is 0.609. The van der Waals surface area contributed by atoms with Crippen LogP contribution in [0.5, 0.6) is 5.75 Å². The Morgan fingerprint density at radius 3 is 2.39 bits per heavy atom. The molecule has 2 amide bonds. The van der Waals surface area contributed by atoms with Crippen molar-refractivity contribution in [2.24, 2.45) is 22.7 Å². The maximum absolute atomic E-state index is 13.0. The van der Waals surface area contributed by atoms with E-state index in [4.69, 9.17) is 10.5 Å². The summed E-state index contributed by atoms with van der Waals surface area (Å²) in [6.07, 6.45) is 5.99. The van der Waals surface area contributed by atoms with Crippen molar-refractivity contribution < 1.29 is 19.5 Å². The van der Waals surface area contributed by atoms with Crippen molar-refractivity contribution in [2.45, 2.75) is 64.5 Å². The van der Waals surface area contributed by atoms with E-state index >= 15 is 0 Å². The molecule has 0 atom stereocenters. The molecule has 0 bridgehead atoms. The highest BCUT2D eigenvalue weighted by atomic mass is 16.5. The first-order chi connectivity index (χ1) is 14.9. The zero-order chi connectivity index (χ0) is 22.1. The van der Waals surface area contributed by atoms with Crippen molar-refractivity contribution in [1.29, 1.82) is 0 Å². The van der Waals surface area contributed by atoms with Crippen LogP contribution >= 0.6 is 0 Å². The first-order valence-electron chi connectivity index (χ1n) is 11.3. The van der Waals surface area contributed by atoms with Crippen LogP contribution in [0.2, 0.25) is 0 Å². The van der Waals surface area contributed by atoms with E-state index in [0.29, 0.717) is 17.3 Å². The van der Waals surface area contributed by atoms with E-state index in [1.54, 1.807) is 17.0 Å². The molecule has 1 aliphatic carbocycles. The van der Waals surface area contributed by atoms with Crippen LogP contribution in [0.3, 0.4) is 0 Å². The molecule has 2 fully saturated rings. The number of anilines is 1. The highest BCUT2D eigenvalue weighted by Crippen LogP contribution is 2.38. The monoisotopic (exact) mass is 428 g/mol. The fourth-order valence-electron chi connectivity index (χ4n) is 5.53. The van der Waals surface area contributed by atoms with Gasteiger partial charge < -0.3 is 25.5 Å². The molecular formula is C23H32N4O4. The number of likely N-dealkylation sites (tertiary alicyclic amines) is 1. The van der Waals surface area contributed by atoms with Crippen LogP contribution in [-0.2, 0) is 4.79 Å². The van der Waals surface area contributed by atoms with Crippen LogP contribution in [0.25, 0.3) is 0 Å². The summed E-state index contributed by atoms with van der Waals surface area (Å²) in [5.74, 6) is 1.52. The summed E-state index contributed by atoms with van der Waals surface area (Å²) in [4.78, 5) is 28.4. The summed E-state index contributed by atoms with van der Waals surface area (Å²) in [5.41, 5.74) is 6.20. The van der Waals surface area contributed by atoms with E-state index in [0.717, 1.165) is 37.8 Å². The maximum Gasteiger partial charge on any atom is 0.409 e. The highest BCUT2D eigenvalue weighted by molar-refractivity contribution is 6.54. The van der Waals surface area contributed by atoms with Crippen LogP contribution in [0.4, 0.5) is 10.5 Å². The number of carbonyl (C=O) groups is 2. The van der Waals surface area contributed by atoms with Crippen LogP contribution in [0.15, 0.2) is 23.4 Å². The molecule has 3 aliphatic rings. The number of oxime groups is 1. The molecule has 4 rings (SSSR count). The van der Waals surface area contributed by atoms with Crippen molar-refractivity contribution in [3.8, 4) is 5.75 Å². The van der Waals surface area contributed by atoms with Crippen molar-refractivity contribution >= 4 is 23.4 Å². The Bertz CT molecular complexity index is 868. The number of nitrogens with zero attached hydrogens (tertiary/aromatic N) is 3. The van der Waals surface area contributed by atoms with Crippen LogP contribution in [0, 0.1) is 11.8 Å². The van der Waals surface area contributed by atoms with Gasteiger partial charge in [0.2, 0.25) is 0 Å². The second kappa shape index (κ2) is 8.86. The summed E-state index contributed by atoms with van der Waals surface area (Å²) < 4.78 is 4.92. The number of nitrogens with two attached hydrogens (primary N) is 1. The topological polar surface area (TPSA) is 108 Å². The van der Waals surface area contributed by atoms with Gasteiger partial charge in [-0.1, -0.05) is 19.0 Å². The number of rotatable bonds is 4. The Morgan fingerprint density at radius 1 is 1.13 bits per heavy atom. The molecule has 8 heteroatoms. The number of piperidine rings is 1. The molecule has 168 valence electrons. The molecule has 2 aliphatic heterocycles. The van der Waals surface area contributed by atoms with Crippen LogP contribution in [-0.4, -0.2) is 53.0 Å². The third-order valence-electron chi connectivity index (χ3n) is 7.29. The number of benzene rings is 1. The standard InChI is InChI=1S/C23H32N4O4/c1-14(2)15-3-5-16(6-4-15)26-11-9-17(10-12-26)27-20-8-7-18(31-23(24)29)13-19(20)21(25-30)22(27)28/h7-8,13-17,30H,3-6,9-12H2,1-2H3,(H2,24,29)/b25-21-. The van der Waals surface area contributed by atoms with Gasteiger partial charge in [-0.3, -0.25) is 4.79 Å². The van der Waals surface area contributed by atoms with Crippen molar-refractivity contribution in [3.05, 3.63) is 23.8 Å².